The number of nitrogens with zero attached hydrogens (tertiary/aromatic N) is 3. The number of piperidine rings is 2. The fourth-order valence-corrected chi connectivity index (χ4v) is 4.97. The van der Waals surface area contributed by atoms with E-state index in [1.54, 1.807) is 0 Å². The van der Waals surface area contributed by atoms with E-state index in [9.17, 15) is 0 Å². The first-order chi connectivity index (χ1) is 14.1. The van der Waals surface area contributed by atoms with E-state index in [-0.39, 0.29) is 0 Å². The maximum atomic E-state index is 6.29. The molecular weight excluding hydrogens is 384 g/mol. The number of hydrogen-bond acceptors (Lipinski definition) is 3. The highest BCUT2D eigenvalue weighted by Gasteiger charge is 2.31. The summed E-state index contributed by atoms with van der Waals surface area (Å²) in [4.78, 5) is 9.97. The quantitative estimate of drug-likeness (QED) is 0.553. The number of ether oxygens (including phenoxy) is 1. The van der Waals surface area contributed by atoms with Crippen molar-refractivity contribution >= 4 is 17.6 Å². The Morgan fingerprint density at radius 2 is 2.00 bits per heavy atom. The Labute approximate surface area is 181 Å². The van der Waals surface area contributed by atoms with Gasteiger partial charge in [-0.3, -0.25) is 9.89 Å². The van der Waals surface area contributed by atoms with Crippen LogP contribution in [0.3, 0.4) is 0 Å². The second-order valence-electron chi connectivity index (χ2n) is 8.22. The van der Waals surface area contributed by atoms with Gasteiger partial charge in [-0.05, 0) is 76.7 Å². The molecule has 1 N–H and O–H groups in total. The van der Waals surface area contributed by atoms with Gasteiger partial charge >= 0.3 is 0 Å². The molecule has 2 unspecified atom stereocenters. The predicted molar refractivity (Wildman–Crippen MR) is 122 cm³/mol. The first-order valence-electron chi connectivity index (χ1n) is 11.2. The largest absolute Gasteiger partial charge is 0.378 e. The van der Waals surface area contributed by atoms with E-state index in [0.717, 1.165) is 63.2 Å². The molecular formula is C23H37ClN4O. The first-order valence-corrected chi connectivity index (χ1v) is 11.6. The van der Waals surface area contributed by atoms with E-state index in [2.05, 4.69) is 54.2 Å². The van der Waals surface area contributed by atoms with Gasteiger partial charge in [0.15, 0.2) is 5.96 Å². The van der Waals surface area contributed by atoms with E-state index in [4.69, 9.17) is 21.3 Å². The van der Waals surface area contributed by atoms with E-state index >= 15 is 0 Å². The van der Waals surface area contributed by atoms with Crippen molar-refractivity contribution in [2.75, 3.05) is 46.4 Å². The zero-order chi connectivity index (χ0) is 20.6. The number of likely N-dealkylation sites (tertiary alicyclic amines) is 2. The molecule has 0 bridgehead atoms. The molecule has 29 heavy (non-hydrogen) atoms. The van der Waals surface area contributed by atoms with Crippen LogP contribution in [-0.4, -0.2) is 68.2 Å². The van der Waals surface area contributed by atoms with Crippen molar-refractivity contribution in [1.82, 2.24) is 15.1 Å². The molecule has 0 aromatic heterocycles. The molecule has 0 spiro atoms. The van der Waals surface area contributed by atoms with Crippen molar-refractivity contribution in [3.63, 3.8) is 0 Å². The molecule has 0 amide bonds. The summed E-state index contributed by atoms with van der Waals surface area (Å²) >= 11 is 6.29. The van der Waals surface area contributed by atoms with Crippen LogP contribution >= 0.6 is 11.6 Å². The molecule has 2 fully saturated rings. The van der Waals surface area contributed by atoms with Crippen LogP contribution in [0.25, 0.3) is 0 Å². The molecule has 0 radical (unpaired) electrons. The van der Waals surface area contributed by atoms with Crippen LogP contribution in [0.1, 0.15) is 51.1 Å². The van der Waals surface area contributed by atoms with Crippen molar-refractivity contribution in [1.29, 1.82) is 0 Å². The Bertz CT molecular complexity index is 660. The van der Waals surface area contributed by atoms with Crippen LogP contribution in [0.2, 0.25) is 5.02 Å². The summed E-state index contributed by atoms with van der Waals surface area (Å²) < 4.78 is 5.81. The molecule has 1 aromatic rings. The molecule has 162 valence electrons. The zero-order valence-electron chi connectivity index (χ0n) is 18.2. The van der Waals surface area contributed by atoms with Gasteiger partial charge in [0.2, 0.25) is 0 Å². The van der Waals surface area contributed by atoms with E-state index < -0.39 is 0 Å². The maximum Gasteiger partial charge on any atom is 0.193 e. The summed E-state index contributed by atoms with van der Waals surface area (Å²) in [6, 6.07) is 8.72. The van der Waals surface area contributed by atoms with Gasteiger partial charge in [0, 0.05) is 43.9 Å². The average Bonchev–Trinajstić information content (AvgIpc) is 2.72. The molecule has 2 saturated heterocycles. The SMILES string of the molecule is CCNC(=NCC1CCCN(C)C1c1cccc(Cl)c1)N1CCC(OCC)CC1. The Kier molecular flexibility index (Phi) is 8.64. The minimum absolute atomic E-state index is 0.373. The number of benzene rings is 1. The first kappa shape index (κ1) is 22.4. The minimum Gasteiger partial charge on any atom is -0.378 e. The third-order valence-corrected chi connectivity index (χ3v) is 6.39. The van der Waals surface area contributed by atoms with Crippen molar-refractivity contribution in [3.8, 4) is 0 Å². The summed E-state index contributed by atoms with van der Waals surface area (Å²) in [6.07, 6.45) is 4.99. The molecule has 2 aliphatic rings. The lowest BCUT2D eigenvalue weighted by Crippen LogP contribution is -2.47. The highest BCUT2D eigenvalue weighted by Crippen LogP contribution is 2.36. The molecule has 2 atom stereocenters. The normalized spacial score (nSPS) is 24.7. The van der Waals surface area contributed by atoms with Gasteiger partial charge in [-0.15, -0.1) is 0 Å². The van der Waals surface area contributed by atoms with Crippen LogP contribution < -0.4 is 5.32 Å². The van der Waals surface area contributed by atoms with Gasteiger partial charge in [-0.25, -0.2) is 0 Å². The third-order valence-electron chi connectivity index (χ3n) is 6.15. The lowest BCUT2D eigenvalue weighted by molar-refractivity contribution is 0.0263. The van der Waals surface area contributed by atoms with Crippen LogP contribution in [0.4, 0.5) is 0 Å². The van der Waals surface area contributed by atoms with E-state index in [1.807, 2.05) is 6.07 Å². The van der Waals surface area contributed by atoms with Crippen LogP contribution in [0.5, 0.6) is 0 Å². The van der Waals surface area contributed by atoms with Crippen LogP contribution in [0.15, 0.2) is 29.3 Å². The monoisotopic (exact) mass is 420 g/mol. The number of halogens is 1. The lowest BCUT2D eigenvalue weighted by Gasteiger charge is -2.39. The minimum atomic E-state index is 0.373. The molecule has 2 aliphatic heterocycles. The third kappa shape index (κ3) is 6.09. The van der Waals surface area contributed by atoms with E-state index in [0.29, 0.717) is 18.1 Å². The summed E-state index contributed by atoms with van der Waals surface area (Å²) in [7, 11) is 2.23. The topological polar surface area (TPSA) is 40.1 Å². The summed E-state index contributed by atoms with van der Waals surface area (Å²) in [5.74, 6) is 1.56. The number of guanidine groups is 1. The molecule has 5 nitrogen and oxygen atoms in total. The van der Waals surface area contributed by atoms with Gasteiger partial charge in [0.1, 0.15) is 0 Å². The van der Waals surface area contributed by atoms with Gasteiger partial charge < -0.3 is 15.0 Å². The van der Waals surface area contributed by atoms with Gasteiger partial charge in [-0.2, -0.15) is 0 Å². The van der Waals surface area contributed by atoms with Crippen molar-refractivity contribution < 1.29 is 4.74 Å². The standard InChI is InChI=1S/C23H37ClN4O/c1-4-25-23(28-14-11-21(12-15-28)29-5-2)26-17-19-9-7-13-27(3)22(19)18-8-6-10-20(24)16-18/h6,8,10,16,19,21-22H,4-5,7,9,11-15,17H2,1-3H3,(H,25,26). The molecule has 0 aliphatic carbocycles. The molecule has 3 rings (SSSR count). The Morgan fingerprint density at radius 3 is 2.69 bits per heavy atom. The van der Waals surface area contributed by atoms with E-state index in [1.165, 1.54) is 18.4 Å². The number of nitrogens with one attached hydrogen (secondary N) is 1. The summed E-state index contributed by atoms with van der Waals surface area (Å²) in [5, 5.41) is 4.33. The zero-order valence-corrected chi connectivity index (χ0v) is 19.0. The Hall–Kier alpha value is -1.30. The summed E-state index contributed by atoms with van der Waals surface area (Å²) in [6.45, 7) is 9.92. The second-order valence-corrected chi connectivity index (χ2v) is 8.66. The average molecular weight is 421 g/mol. The van der Waals surface area contributed by atoms with Gasteiger partial charge in [-0.1, -0.05) is 23.7 Å². The molecule has 6 heteroatoms. The molecule has 2 heterocycles. The fourth-order valence-electron chi connectivity index (χ4n) is 4.77. The smallest absolute Gasteiger partial charge is 0.193 e. The highest BCUT2D eigenvalue weighted by atomic mass is 35.5. The highest BCUT2D eigenvalue weighted by molar-refractivity contribution is 6.30. The fraction of sp³-hybridized carbons (Fsp3) is 0.696. The predicted octanol–water partition coefficient (Wildman–Crippen LogP) is 4.19. The maximum absolute atomic E-state index is 6.29. The Morgan fingerprint density at radius 1 is 1.21 bits per heavy atom. The van der Waals surface area contributed by atoms with Gasteiger partial charge in [0.05, 0.1) is 6.10 Å². The number of rotatable bonds is 6. The summed E-state index contributed by atoms with van der Waals surface area (Å²) in [5.41, 5.74) is 1.31. The van der Waals surface area contributed by atoms with Crippen molar-refractivity contribution in [2.45, 2.75) is 51.7 Å². The molecule has 0 saturated carbocycles. The lowest BCUT2D eigenvalue weighted by atomic mass is 9.85. The van der Waals surface area contributed by atoms with Crippen molar-refractivity contribution in [2.24, 2.45) is 10.9 Å². The second kappa shape index (κ2) is 11.2. The number of hydrogen-bond donors (Lipinski definition) is 1. The van der Waals surface area contributed by atoms with Crippen LogP contribution in [-0.2, 0) is 4.74 Å². The van der Waals surface area contributed by atoms with Crippen LogP contribution in [0, 0.1) is 5.92 Å². The Balaban J connectivity index is 1.69. The van der Waals surface area contributed by atoms with Crippen molar-refractivity contribution in [3.05, 3.63) is 34.9 Å². The number of aliphatic imine (C=N–C) groups is 1. The molecule has 1 aromatic carbocycles. The van der Waals surface area contributed by atoms with Gasteiger partial charge in [0.25, 0.3) is 0 Å².